The molecule has 3 heteroatoms. The van der Waals surface area contributed by atoms with Crippen LogP contribution in [0.3, 0.4) is 0 Å². The summed E-state index contributed by atoms with van der Waals surface area (Å²) in [6, 6.07) is 5.16. The largest absolute Gasteiger partial charge is 0.388 e. The van der Waals surface area contributed by atoms with Crippen LogP contribution in [0.5, 0.6) is 0 Å². The second kappa shape index (κ2) is 4.73. The van der Waals surface area contributed by atoms with E-state index >= 15 is 0 Å². The van der Waals surface area contributed by atoms with Gasteiger partial charge >= 0.3 is 0 Å². The monoisotopic (exact) mass is 246 g/mol. The number of hydrogen-bond donors (Lipinski definition) is 1. The van der Waals surface area contributed by atoms with Gasteiger partial charge in [0.05, 0.1) is 6.10 Å². The first-order valence-electron chi connectivity index (χ1n) is 4.92. The Bertz CT molecular complexity index is 342. The Morgan fingerprint density at radius 1 is 1.27 bits per heavy atom. The van der Waals surface area contributed by atoms with Crippen LogP contribution in [0, 0.1) is 5.41 Å². The Morgan fingerprint density at radius 2 is 1.87 bits per heavy atom. The number of aliphatic hydroxyl groups is 1. The van der Waals surface area contributed by atoms with Gasteiger partial charge in [-0.25, -0.2) is 0 Å². The molecule has 0 aliphatic rings. The first kappa shape index (κ1) is 12.8. The highest BCUT2D eigenvalue weighted by Gasteiger charge is 2.20. The predicted octanol–water partition coefficient (Wildman–Crippen LogP) is 4.46. The van der Waals surface area contributed by atoms with Crippen molar-refractivity contribution in [1.29, 1.82) is 0 Å². The molecule has 1 rings (SSSR count). The van der Waals surface area contributed by atoms with Crippen molar-refractivity contribution < 1.29 is 5.11 Å². The van der Waals surface area contributed by atoms with Crippen molar-refractivity contribution in [2.24, 2.45) is 5.41 Å². The maximum atomic E-state index is 10.0. The summed E-state index contributed by atoms with van der Waals surface area (Å²) in [6.45, 7) is 6.23. The van der Waals surface area contributed by atoms with Crippen molar-refractivity contribution in [3.8, 4) is 0 Å². The van der Waals surface area contributed by atoms with E-state index in [1.54, 1.807) is 18.2 Å². The Labute approximate surface area is 101 Å². The second-order valence-electron chi connectivity index (χ2n) is 4.95. The van der Waals surface area contributed by atoms with E-state index in [0.717, 1.165) is 0 Å². The topological polar surface area (TPSA) is 20.2 Å². The van der Waals surface area contributed by atoms with Crippen LogP contribution in [-0.2, 0) is 0 Å². The molecular weight excluding hydrogens is 231 g/mol. The van der Waals surface area contributed by atoms with E-state index in [-0.39, 0.29) is 5.41 Å². The Kier molecular flexibility index (Phi) is 4.05. The summed E-state index contributed by atoms with van der Waals surface area (Å²) in [6.07, 6.45) is 0.101. The van der Waals surface area contributed by atoms with E-state index in [4.69, 9.17) is 23.2 Å². The van der Waals surface area contributed by atoms with Crippen LogP contribution in [0.4, 0.5) is 0 Å². The number of hydrogen-bond acceptors (Lipinski definition) is 1. The van der Waals surface area contributed by atoms with Gasteiger partial charge in [0.15, 0.2) is 0 Å². The number of aliphatic hydroxyl groups excluding tert-OH is 1. The molecule has 1 nitrogen and oxygen atoms in total. The number of benzene rings is 1. The minimum Gasteiger partial charge on any atom is -0.388 e. The maximum absolute atomic E-state index is 10.0. The predicted molar refractivity (Wildman–Crippen MR) is 65.5 cm³/mol. The van der Waals surface area contributed by atoms with Crippen LogP contribution in [0.25, 0.3) is 0 Å². The minimum absolute atomic E-state index is 0.0606. The molecule has 0 aliphatic carbocycles. The Hall–Kier alpha value is -0.240. The summed E-state index contributed by atoms with van der Waals surface area (Å²) in [4.78, 5) is 0. The molecule has 0 saturated carbocycles. The summed E-state index contributed by atoms with van der Waals surface area (Å²) < 4.78 is 0. The Morgan fingerprint density at radius 3 is 2.40 bits per heavy atom. The minimum atomic E-state index is -0.559. The average molecular weight is 247 g/mol. The van der Waals surface area contributed by atoms with Gasteiger partial charge in [-0.15, -0.1) is 0 Å². The van der Waals surface area contributed by atoms with E-state index in [9.17, 15) is 5.11 Å². The molecule has 84 valence electrons. The quantitative estimate of drug-likeness (QED) is 0.817. The molecule has 0 amide bonds. The van der Waals surface area contributed by atoms with Crippen LogP contribution in [0.15, 0.2) is 18.2 Å². The van der Waals surface area contributed by atoms with Gasteiger partial charge in [0, 0.05) is 15.6 Å². The number of rotatable bonds is 2. The van der Waals surface area contributed by atoms with E-state index in [0.29, 0.717) is 22.0 Å². The molecule has 0 aliphatic heterocycles. The normalized spacial score (nSPS) is 14.0. The highest BCUT2D eigenvalue weighted by molar-refractivity contribution is 6.33. The number of halogens is 2. The standard InChI is InChI=1S/C12H16Cl2O/c1-12(2,3)7-11(15)9-6-8(13)4-5-10(9)14/h4-6,11,15H,7H2,1-3H3. The molecule has 15 heavy (non-hydrogen) atoms. The molecular formula is C12H16Cl2O. The van der Waals surface area contributed by atoms with E-state index in [1.807, 2.05) is 0 Å². The molecule has 0 aromatic heterocycles. The van der Waals surface area contributed by atoms with Crippen LogP contribution >= 0.6 is 23.2 Å². The zero-order valence-electron chi connectivity index (χ0n) is 9.22. The molecule has 1 atom stereocenters. The average Bonchev–Trinajstić information content (AvgIpc) is 2.06. The maximum Gasteiger partial charge on any atom is 0.0810 e. The molecule has 0 bridgehead atoms. The van der Waals surface area contributed by atoms with Crippen LogP contribution in [0.1, 0.15) is 38.9 Å². The van der Waals surface area contributed by atoms with Gasteiger partial charge in [-0.05, 0) is 30.0 Å². The molecule has 1 aromatic carbocycles. The SMILES string of the molecule is CC(C)(C)CC(O)c1cc(Cl)ccc1Cl. The first-order chi connectivity index (χ1) is 6.79. The third-order valence-electron chi connectivity index (χ3n) is 2.12. The van der Waals surface area contributed by atoms with Crippen molar-refractivity contribution in [3.05, 3.63) is 33.8 Å². The fourth-order valence-corrected chi connectivity index (χ4v) is 1.88. The highest BCUT2D eigenvalue weighted by atomic mass is 35.5. The fourth-order valence-electron chi connectivity index (χ4n) is 1.46. The van der Waals surface area contributed by atoms with Crippen molar-refractivity contribution in [2.45, 2.75) is 33.3 Å². The first-order valence-corrected chi connectivity index (χ1v) is 5.68. The third kappa shape index (κ3) is 4.02. The van der Waals surface area contributed by atoms with Gasteiger partial charge in [0.25, 0.3) is 0 Å². The summed E-state index contributed by atoms with van der Waals surface area (Å²) in [5.74, 6) is 0. The van der Waals surface area contributed by atoms with Crippen molar-refractivity contribution >= 4 is 23.2 Å². The van der Waals surface area contributed by atoms with Crippen molar-refractivity contribution in [1.82, 2.24) is 0 Å². The van der Waals surface area contributed by atoms with Crippen molar-refractivity contribution in [3.63, 3.8) is 0 Å². The third-order valence-corrected chi connectivity index (χ3v) is 2.70. The molecule has 1 unspecified atom stereocenters. The molecule has 0 spiro atoms. The van der Waals surface area contributed by atoms with Gasteiger partial charge in [0.1, 0.15) is 0 Å². The lowest BCUT2D eigenvalue weighted by atomic mass is 9.87. The molecule has 0 saturated heterocycles. The zero-order chi connectivity index (χ0) is 11.6. The van der Waals surface area contributed by atoms with Gasteiger partial charge in [-0.2, -0.15) is 0 Å². The van der Waals surface area contributed by atoms with Crippen LogP contribution < -0.4 is 0 Å². The molecule has 0 heterocycles. The second-order valence-corrected chi connectivity index (χ2v) is 5.79. The van der Waals surface area contributed by atoms with E-state index < -0.39 is 6.10 Å². The van der Waals surface area contributed by atoms with Crippen molar-refractivity contribution in [2.75, 3.05) is 0 Å². The highest BCUT2D eigenvalue weighted by Crippen LogP contribution is 2.33. The van der Waals surface area contributed by atoms with E-state index in [1.165, 1.54) is 0 Å². The summed E-state index contributed by atoms with van der Waals surface area (Å²) >= 11 is 11.9. The lowest BCUT2D eigenvalue weighted by Crippen LogP contribution is -2.11. The lowest BCUT2D eigenvalue weighted by molar-refractivity contribution is 0.122. The molecule has 1 N–H and O–H groups in total. The summed E-state index contributed by atoms with van der Waals surface area (Å²) in [5, 5.41) is 11.2. The molecule has 0 radical (unpaired) electrons. The summed E-state index contributed by atoms with van der Waals surface area (Å²) in [5.41, 5.74) is 0.768. The zero-order valence-corrected chi connectivity index (χ0v) is 10.7. The lowest BCUT2D eigenvalue weighted by Gasteiger charge is -2.23. The van der Waals surface area contributed by atoms with Gasteiger partial charge < -0.3 is 5.11 Å². The van der Waals surface area contributed by atoms with E-state index in [2.05, 4.69) is 20.8 Å². The smallest absolute Gasteiger partial charge is 0.0810 e. The van der Waals surface area contributed by atoms with Gasteiger partial charge in [-0.1, -0.05) is 44.0 Å². The van der Waals surface area contributed by atoms with Gasteiger partial charge in [0.2, 0.25) is 0 Å². The van der Waals surface area contributed by atoms with Crippen LogP contribution in [-0.4, -0.2) is 5.11 Å². The Balaban J connectivity index is 2.90. The molecule has 0 fully saturated rings. The summed E-state index contributed by atoms with van der Waals surface area (Å²) in [7, 11) is 0. The van der Waals surface area contributed by atoms with Crippen LogP contribution in [0.2, 0.25) is 10.0 Å². The molecule has 1 aromatic rings. The van der Waals surface area contributed by atoms with Gasteiger partial charge in [-0.3, -0.25) is 0 Å². The fraction of sp³-hybridized carbons (Fsp3) is 0.500.